The van der Waals surface area contributed by atoms with Crippen molar-refractivity contribution >= 4 is 23.4 Å². The van der Waals surface area contributed by atoms with Crippen LogP contribution < -0.4 is 15.8 Å². The molecular formula is C18H19N3O4. The zero-order valence-electron chi connectivity index (χ0n) is 14.0. The molecule has 0 radical (unpaired) electrons. The Morgan fingerprint density at radius 2 is 1.52 bits per heavy atom. The first-order valence-electron chi connectivity index (χ1n) is 7.51. The fourth-order valence-electron chi connectivity index (χ4n) is 2.02. The van der Waals surface area contributed by atoms with Gasteiger partial charge in [-0.3, -0.25) is 14.4 Å². The van der Waals surface area contributed by atoms with Crippen LogP contribution in [0, 0.1) is 0 Å². The van der Waals surface area contributed by atoms with Gasteiger partial charge in [-0.2, -0.15) is 0 Å². The standard InChI is InChI=1S/C18H19N3O4/c1-21(2)18(24)13-3-7-14(8-4-13)20-16(22)11-25-15-9-5-12(6-10-15)17(19)23/h3-10H,11H2,1-2H3,(H2,19,23)(H,20,22). The van der Waals surface area contributed by atoms with Crippen molar-refractivity contribution in [3.63, 3.8) is 0 Å². The number of rotatable bonds is 6. The molecule has 130 valence electrons. The predicted molar refractivity (Wildman–Crippen MR) is 93.5 cm³/mol. The summed E-state index contributed by atoms with van der Waals surface area (Å²) in [6.45, 7) is -0.186. The van der Waals surface area contributed by atoms with Gasteiger partial charge in [0.15, 0.2) is 6.61 Å². The third-order valence-corrected chi connectivity index (χ3v) is 3.33. The summed E-state index contributed by atoms with van der Waals surface area (Å²) in [5, 5.41) is 2.67. The Morgan fingerprint density at radius 1 is 0.960 bits per heavy atom. The molecule has 0 spiro atoms. The van der Waals surface area contributed by atoms with Crippen LogP contribution in [0.3, 0.4) is 0 Å². The third kappa shape index (κ3) is 5.07. The molecule has 0 aliphatic carbocycles. The molecule has 0 aliphatic heterocycles. The Morgan fingerprint density at radius 3 is 2.04 bits per heavy atom. The smallest absolute Gasteiger partial charge is 0.262 e. The van der Waals surface area contributed by atoms with E-state index in [1.165, 1.54) is 17.0 Å². The van der Waals surface area contributed by atoms with Gasteiger partial charge in [-0.05, 0) is 48.5 Å². The first-order valence-corrected chi connectivity index (χ1v) is 7.51. The second kappa shape index (κ2) is 7.96. The summed E-state index contributed by atoms with van der Waals surface area (Å²) < 4.78 is 5.34. The minimum Gasteiger partial charge on any atom is -0.484 e. The average molecular weight is 341 g/mol. The Hall–Kier alpha value is -3.35. The van der Waals surface area contributed by atoms with Crippen LogP contribution in [0.25, 0.3) is 0 Å². The molecule has 0 heterocycles. The Kier molecular flexibility index (Phi) is 5.73. The van der Waals surface area contributed by atoms with Gasteiger partial charge < -0.3 is 20.7 Å². The molecular weight excluding hydrogens is 322 g/mol. The van der Waals surface area contributed by atoms with Crippen molar-refractivity contribution in [2.45, 2.75) is 0 Å². The number of hydrogen-bond donors (Lipinski definition) is 2. The van der Waals surface area contributed by atoms with Gasteiger partial charge in [-0.1, -0.05) is 0 Å². The highest BCUT2D eigenvalue weighted by molar-refractivity contribution is 5.96. The molecule has 2 aromatic rings. The highest BCUT2D eigenvalue weighted by atomic mass is 16.5. The van der Waals surface area contributed by atoms with E-state index in [2.05, 4.69) is 5.32 Å². The molecule has 0 aliphatic rings. The fraction of sp³-hybridized carbons (Fsp3) is 0.167. The van der Waals surface area contributed by atoms with Gasteiger partial charge in [0.25, 0.3) is 11.8 Å². The summed E-state index contributed by atoms with van der Waals surface area (Å²) in [6.07, 6.45) is 0. The minimum atomic E-state index is -0.527. The van der Waals surface area contributed by atoms with E-state index in [9.17, 15) is 14.4 Å². The second-order valence-corrected chi connectivity index (χ2v) is 5.50. The van der Waals surface area contributed by atoms with E-state index in [0.717, 1.165) is 0 Å². The van der Waals surface area contributed by atoms with Crippen LogP contribution in [-0.4, -0.2) is 43.3 Å². The summed E-state index contributed by atoms with van der Waals surface area (Å²) >= 11 is 0. The molecule has 3 N–H and O–H groups in total. The van der Waals surface area contributed by atoms with Crippen molar-refractivity contribution in [2.75, 3.05) is 26.0 Å². The maximum absolute atomic E-state index is 11.9. The molecule has 7 heteroatoms. The topological polar surface area (TPSA) is 102 Å². The van der Waals surface area contributed by atoms with Crippen molar-refractivity contribution < 1.29 is 19.1 Å². The van der Waals surface area contributed by atoms with Gasteiger partial charge >= 0.3 is 0 Å². The van der Waals surface area contributed by atoms with Crippen molar-refractivity contribution in [2.24, 2.45) is 5.73 Å². The number of nitrogens with zero attached hydrogens (tertiary/aromatic N) is 1. The number of anilines is 1. The van der Waals surface area contributed by atoms with Gasteiger partial charge in [0, 0.05) is 30.9 Å². The summed E-state index contributed by atoms with van der Waals surface area (Å²) in [5.74, 6) is -0.529. The minimum absolute atomic E-state index is 0.111. The van der Waals surface area contributed by atoms with Crippen LogP contribution >= 0.6 is 0 Å². The van der Waals surface area contributed by atoms with Crippen molar-refractivity contribution in [1.29, 1.82) is 0 Å². The quantitative estimate of drug-likeness (QED) is 0.831. The Balaban J connectivity index is 1.87. The molecule has 0 saturated heterocycles. The number of hydrogen-bond acceptors (Lipinski definition) is 4. The molecule has 0 bridgehead atoms. The molecule has 2 aromatic carbocycles. The first kappa shape index (κ1) is 18.0. The number of nitrogens with two attached hydrogens (primary N) is 1. The summed E-state index contributed by atoms with van der Waals surface area (Å²) in [7, 11) is 3.34. The van der Waals surface area contributed by atoms with E-state index in [4.69, 9.17) is 10.5 Å². The van der Waals surface area contributed by atoms with E-state index in [1.54, 1.807) is 50.5 Å². The summed E-state index contributed by atoms with van der Waals surface area (Å²) in [4.78, 5) is 36.2. The number of carbonyl (C=O) groups excluding carboxylic acids is 3. The predicted octanol–water partition coefficient (Wildman–Crippen LogP) is 1.50. The number of benzene rings is 2. The zero-order chi connectivity index (χ0) is 18.4. The highest BCUT2D eigenvalue weighted by Crippen LogP contribution is 2.13. The Bertz CT molecular complexity index is 768. The SMILES string of the molecule is CN(C)C(=O)c1ccc(NC(=O)COc2ccc(C(N)=O)cc2)cc1. The number of ether oxygens (including phenoxy) is 1. The van der Waals surface area contributed by atoms with E-state index in [0.29, 0.717) is 22.6 Å². The van der Waals surface area contributed by atoms with Crippen LogP contribution in [0.15, 0.2) is 48.5 Å². The fourth-order valence-corrected chi connectivity index (χ4v) is 2.02. The maximum atomic E-state index is 11.9. The van der Waals surface area contributed by atoms with Gasteiger partial charge in [0.2, 0.25) is 5.91 Å². The third-order valence-electron chi connectivity index (χ3n) is 3.33. The molecule has 0 atom stereocenters. The van der Waals surface area contributed by atoms with E-state index in [1.807, 2.05) is 0 Å². The summed E-state index contributed by atoms with van der Waals surface area (Å²) in [5.41, 5.74) is 6.61. The van der Waals surface area contributed by atoms with Crippen molar-refractivity contribution in [3.8, 4) is 5.75 Å². The number of carbonyl (C=O) groups is 3. The molecule has 7 nitrogen and oxygen atoms in total. The van der Waals surface area contributed by atoms with E-state index in [-0.39, 0.29) is 18.4 Å². The van der Waals surface area contributed by atoms with E-state index >= 15 is 0 Å². The average Bonchev–Trinajstić information content (AvgIpc) is 2.60. The van der Waals surface area contributed by atoms with Crippen LogP contribution in [-0.2, 0) is 4.79 Å². The van der Waals surface area contributed by atoms with Crippen LogP contribution in [0.1, 0.15) is 20.7 Å². The number of nitrogens with one attached hydrogen (secondary N) is 1. The molecule has 0 unspecified atom stereocenters. The van der Waals surface area contributed by atoms with Crippen molar-refractivity contribution in [3.05, 3.63) is 59.7 Å². The molecule has 2 rings (SSSR count). The molecule has 0 aromatic heterocycles. The lowest BCUT2D eigenvalue weighted by molar-refractivity contribution is -0.118. The molecule has 0 fully saturated rings. The monoisotopic (exact) mass is 341 g/mol. The lowest BCUT2D eigenvalue weighted by Gasteiger charge is -2.11. The number of amides is 3. The Labute approximate surface area is 145 Å². The number of primary amides is 1. The summed E-state index contributed by atoms with van der Waals surface area (Å²) in [6, 6.07) is 12.8. The maximum Gasteiger partial charge on any atom is 0.262 e. The van der Waals surface area contributed by atoms with Crippen LogP contribution in [0.5, 0.6) is 5.75 Å². The van der Waals surface area contributed by atoms with E-state index < -0.39 is 5.91 Å². The molecule has 0 saturated carbocycles. The van der Waals surface area contributed by atoms with Gasteiger partial charge in [-0.15, -0.1) is 0 Å². The largest absolute Gasteiger partial charge is 0.484 e. The lowest BCUT2D eigenvalue weighted by atomic mass is 10.2. The highest BCUT2D eigenvalue weighted by Gasteiger charge is 2.09. The molecule has 3 amide bonds. The second-order valence-electron chi connectivity index (χ2n) is 5.50. The van der Waals surface area contributed by atoms with Gasteiger partial charge in [0.05, 0.1) is 0 Å². The normalized spacial score (nSPS) is 10.0. The van der Waals surface area contributed by atoms with Crippen LogP contribution in [0.2, 0.25) is 0 Å². The molecule has 25 heavy (non-hydrogen) atoms. The van der Waals surface area contributed by atoms with Gasteiger partial charge in [0.1, 0.15) is 5.75 Å². The van der Waals surface area contributed by atoms with Gasteiger partial charge in [-0.25, -0.2) is 0 Å². The first-order chi connectivity index (χ1) is 11.9. The van der Waals surface area contributed by atoms with Crippen molar-refractivity contribution in [1.82, 2.24) is 4.90 Å². The lowest BCUT2D eigenvalue weighted by Crippen LogP contribution is -2.22. The van der Waals surface area contributed by atoms with Crippen LogP contribution in [0.4, 0.5) is 5.69 Å². The zero-order valence-corrected chi connectivity index (χ0v) is 14.0.